The number of aromatic nitrogens is 2. The fourth-order valence-electron chi connectivity index (χ4n) is 4.33. The Morgan fingerprint density at radius 1 is 1.09 bits per heavy atom. The van der Waals surface area contributed by atoms with Gasteiger partial charge in [-0.05, 0) is 31.9 Å². The van der Waals surface area contributed by atoms with Gasteiger partial charge in [-0.3, -0.25) is 19.4 Å². The van der Waals surface area contributed by atoms with E-state index in [9.17, 15) is 14.4 Å². The lowest BCUT2D eigenvalue weighted by Crippen LogP contribution is -2.41. The summed E-state index contributed by atoms with van der Waals surface area (Å²) in [6.45, 7) is 2.60. The van der Waals surface area contributed by atoms with E-state index in [2.05, 4.69) is 15.6 Å². The molecule has 8 nitrogen and oxygen atoms in total. The normalized spacial score (nSPS) is 15.7. The zero-order valence-electron chi connectivity index (χ0n) is 20.2. The smallest absolute Gasteiger partial charge is 0.257 e. The highest BCUT2D eigenvalue weighted by Gasteiger charge is 2.22. The highest BCUT2D eigenvalue weighted by Crippen LogP contribution is 2.17. The molecule has 2 heterocycles. The van der Waals surface area contributed by atoms with Gasteiger partial charge in [0.1, 0.15) is 11.1 Å². The van der Waals surface area contributed by atoms with Crippen molar-refractivity contribution >= 4 is 11.8 Å². The number of amides is 2. The molecule has 3 rings (SSSR count). The number of carbonyl (C=O) groups excluding carboxylic acids is 2. The Balaban J connectivity index is 1.85. The second-order valence-corrected chi connectivity index (χ2v) is 9.07. The lowest BCUT2D eigenvalue weighted by molar-refractivity contribution is 0.0903. The van der Waals surface area contributed by atoms with Gasteiger partial charge in [-0.15, -0.1) is 0 Å². The maximum absolute atomic E-state index is 13.2. The first-order valence-electron chi connectivity index (χ1n) is 12.2. The van der Waals surface area contributed by atoms with Crippen molar-refractivity contribution < 1.29 is 14.3 Å². The van der Waals surface area contributed by atoms with E-state index in [0.717, 1.165) is 31.4 Å². The molecule has 1 fully saturated rings. The largest absolute Gasteiger partial charge is 0.383 e. The summed E-state index contributed by atoms with van der Waals surface area (Å²) in [5, 5.41) is 5.84. The molecule has 0 saturated heterocycles. The molecule has 0 aromatic carbocycles. The fourth-order valence-corrected chi connectivity index (χ4v) is 4.33. The second kappa shape index (κ2) is 13.0. The third-order valence-corrected chi connectivity index (χ3v) is 6.16. The van der Waals surface area contributed by atoms with Gasteiger partial charge in [0.2, 0.25) is 5.43 Å². The molecule has 0 spiro atoms. The van der Waals surface area contributed by atoms with Gasteiger partial charge >= 0.3 is 0 Å². The van der Waals surface area contributed by atoms with E-state index in [1.807, 2.05) is 18.2 Å². The molecule has 184 valence electrons. The zero-order valence-corrected chi connectivity index (χ0v) is 20.2. The van der Waals surface area contributed by atoms with Crippen LogP contribution >= 0.6 is 0 Å². The van der Waals surface area contributed by atoms with Crippen molar-refractivity contribution in [1.82, 2.24) is 20.2 Å². The van der Waals surface area contributed by atoms with Gasteiger partial charge < -0.3 is 19.9 Å². The molecule has 2 N–H and O–H groups in total. The summed E-state index contributed by atoms with van der Waals surface area (Å²) >= 11 is 0. The summed E-state index contributed by atoms with van der Waals surface area (Å²) in [6.07, 6.45) is 12.9. The van der Waals surface area contributed by atoms with Crippen molar-refractivity contribution in [3.63, 3.8) is 0 Å². The molecule has 2 aromatic heterocycles. The molecule has 34 heavy (non-hydrogen) atoms. The van der Waals surface area contributed by atoms with E-state index >= 15 is 0 Å². The van der Waals surface area contributed by atoms with Crippen molar-refractivity contribution in [2.75, 3.05) is 13.7 Å². The van der Waals surface area contributed by atoms with E-state index in [1.54, 1.807) is 31.0 Å². The van der Waals surface area contributed by atoms with Crippen LogP contribution in [0.5, 0.6) is 0 Å². The summed E-state index contributed by atoms with van der Waals surface area (Å²) in [4.78, 5) is 43.6. The van der Waals surface area contributed by atoms with E-state index in [4.69, 9.17) is 4.74 Å². The van der Waals surface area contributed by atoms with Gasteiger partial charge in [-0.25, -0.2) is 0 Å². The molecule has 8 heteroatoms. The zero-order chi connectivity index (χ0) is 24.3. The summed E-state index contributed by atoms with van der Waals surface area (Å²) in [5.41, 5.74) is 0.283. The Bertz CT molecular complexity index is 998. The Morgan fingerprint density at radius 2 is 1.76 bits per heavy atom. The van der Waals surface area contributed by atoms with E-state index < -0.39 is 17.2 Å². The molecular formula is C26H36N4O4. The number of hydrogen-bond acceptors (Lipinski definition) is 5. The number of hydrogen-bond donors (Lipinski definition) is 2. The van der Waals surface area contributed by atoms with Crippen LogP contribution < -0.4 is 16.1 Å². The molecular weight excluding hydrogens is 432 g/mol. The van der Waals surface area contributed by atoms with Crippen LogP contribution in [0.1, 0.15) is 78.3 Å². The predicted octanol–water partition coefficient (Wildman–Crippen LogP) is 3.09. The second-order valence-electron chi connectivity index (χ2n) is 9.07. The molecule has 2 aromatic rings. The third-order valence-electron chi connectivity index (χ3n) is 6.16. The quantitative estimate of drug-likeness (QED) is 0.589. The molecule has 2 amide bonds. The van der Waals surface area contributed by atoms with E-state index in [-0.39, 0.29) is 23.2 Å². The Labute approximate surface area is 201 Å². The van der Waals surface area contributed by atoms with Gasteiger partial charge in [0.25, 0.3) is 11.8 Å². The number of nitrogens with one attached hydrogen (secondary N) is 2. The number of pyridine rings is 2. The summed E-state index contributed by atoms with van der Waals surface area (Å²) < 4.78 is 6.81. The first-order valence-corrected chi connectivity index (χ1v) is 12.2. The van der Waals surface area contributed by atoms with Crippen LogP contribution in [0.3, 0.4) is 0 Å². The molecule has 0 unspecified atom stereocenters. The number of nitrogens with zero attached hydrogens (tertiary/aromatic N) is 2. The average Bonchev–Trinajstić information content (AvgIpc) is 2.80. The molecule has 1 aliphatic rings. The minimum Gasteiger partial charge on any atom is -0.383 e. The van der Waals surface area contributed by atoms with Gasteiger partial charge in [0, 0.05) is 56.4 Å². The van der Waals surface area contributed by atoms with Crippen LogP contribution in [-0.4, -0.2) is 47.2 Å². The molecule has 0 radical (unpaired) electrons. The van der Waals surface area contributed by atoms with E-state index in [0.29, 0.717) is 19.6 Å². The van der Waals surface area contributed by atoms with Crippen LogP contribution in [-0.2, 0) is 17.7 Å². The molecule has 1 aliphatic carbocycles. The summed E-state index contributed by atoms with van der Waals surface area (Å²) in [7, 11) is 1.55. The predicted molar refractivity (Wildman–Crippen MR) is 131 cm³/mol. The average molecular weight is 469 g/mol. The molecule has 0 bridgehead atoms. The van der Waals surface area contributed by atoms with Gasteiger partial charge in [0.15, 0.2) is 0 Å². The number of aryl methyl sites for hydroxylation is 2. The highest BCUT2D eigenvalue weighted by molar-refractivity contribution is 5.99. The minimum absolute atomic E-state index is 0.00451. The van der Waals surface area contributed by atoms with Crippen molar-refractivity contribution in [2.45, 2.75) is 76.9 Å². The summed E-state index contributed by atoms with van der Waals surface area (Å²) in [5.74, 6) is -0.927. The van der Waals surface area contributed by atoms with Crippen molar-refractivity contribution in [2.24, 2.45) is 0 Å². The third kappa shape index (κ3) is 7.52. The Kier molecular flexibility index (Phi) is 9.82. The van der Waals surface area contributed by atoms with Crippen LogP contribution in [0.4, 0.5) is 0 Å². The van der Waals surface area contributed by atoms with Gasteiger partial charge in [-0.2, -0.15) is 0 Å². The lowest BCUT2D eigenvalue weighted by Gasteiger charge is -2.21. The van der Waals surface area contributed by atoms with E-state index in [1.165, 1.54) is 25.5 Å². The number of rotatable bonds is 9. The summed E-state index contributed by atoms with van der Waals surface area (Å²) in [6, 6.07) is 5.46. The topological polar surface area (TPSA) is 102 Å². The maximum atomic E-state index is 13.2. The maximum Gasteiger partial charge on any atom is 0.257 e. The van der Waals surface area contributed by atoms with Crippen LogP contribution in [0.15, 0.2) is 41.6 Å². The molecule has 0 aliphatic heterocycles. The number of carbonyl (C=O) groups is 2. The van der Waals surface area contributed by atoms with Crippen molar-refractivity contribution in [3.05, 3.63) is 63.8 Å². The number of methoxy groups -OCH3 is 1. The van der Waals surface area contributed by atoms with Gasteiger partial charge in [-0.1, -0.05) is 38.2 Å². The van der Waals surface area contributed by atoms with Crippen LogP contribution in [0.2, 0.25) is 0 Å². The SMILES string of the molecule is COC[C@H](C)NC(=O)c1cn(CCc2ccccn2)cc(C(=O)NC2CCCCCCC2)c1=O. The molecule has 1 saturated carbocycles. The standard InChI is InChI=1S/C26H36N4O4/c1-19(18-34-2)28-25(32)22-16-30(15-13-20-10-8-9-14-27-20)17-23(24(22)31)26(33)29-21-11-6-4-3-5-7-12-21/h8-10,14,16-17,19,21H,3-7,11-13,15,18H2,1-2H3,(H,28,32)(H,29,33)/t19-/m0/s1. The lowest BCUT2D eigenvalue weighted by atomic mass is 9.96. The van der Waals surface area contributed by atoms with Gasteiger partial charge in [0.05, 0.1) is 6.61 Å². The molecule has 1 atom stereocenters. The van der Waals surface area contributed by atoms with Crippen LogP contribution in [0, 0.1) is 0 Å². The first-order chi connectivity index (χ1) is 16.5. The highest BCUT2D eigenvalue weighted by atomic mass is 16.5. The minimum atomic E-state index is -0.556. The monoisotopic (exact) mass is 468 g/mol. The van der Waals surface area contributed by atoms with Crippen LogP contribution in [0.25, 0.3) is 0 Å². The number of ether oxygens (including phenoxy) is 1. The van der Waals surface area contributed by atoms with Crippen molar-refractivity contribution in [3.8, 4) is 0 Å². The first kappa shape index (κ1) is 25.6. The Hall–Kier alpha value is -3.00. The van der Waals surface area contributed by atoms with Crippen molar-refractivity contribution in [1.29, 1.82) is 0 Å². The fraction of sp³-hybridized carbons (Fsp3) is 0.538. The Morgan fingerprint density at radius 3 is 2.41 bits per heavy atom.